The molecule has 2 amide bonds. The molecule has 12 heteroatoms. The van der Waals surface area contributed by atoms with Crippen LogP contribution >= 0.6 is 11.8 Å². The fourth-order valence-electron chi connectivity index (χ4n) is 2.28. The van der Waals surface area contributed by atoms with Crippen LogP contribution in [-0.4, -0.2) is 74.1 Å². The summed E-state index contributed by atoms with van der Waals surface area (Å²) in [4.78, 5) is 53.5. The molecule has 1 heterocycles. The van der Waals surface area contributed by atoms with E-state index in [1.165, 1.54) is 24.3 Å². The van der Waals surface area contributed by atoms with Crippen LogP contribution in [0.1, 0.15) is 25.0 Å². The van der Waals surface area contributed by atoms with Crippen LogP contribution in [0.5, 0.6) is 0 Å². The first-order valence-electron chi connectivity index (χ1n) is 8.51. The summed E-state index contributed by atoms with van der Waals surface area (Å²) in [6, 6.07) is -3.30. The number of carboxylic acids is 2. The fourth-order valence-corrected chi connectivity index (χ4v) is 2.75. The van der Waals surface area contributed by atoms with Gasteiger partial charge in [0.1, 0.15) is 12.1 Å². The highest BCUT2D eigenvalue weighted by Gasteiger charge is 2.28. The summed E-state index contributed by atoms with van der Waals surface area (Å²) in [5.74, 6) is -3.10. The number of imidazole rings is 1. The maximum atomic E-state index is 12.6. The van der Waals surface area contributed by atoms with Gasteiger partial charge in [-0.1, -0.05) is 0 Å². The van der Waals surface area contributed by atoms with Crippen molar-refractivity contribution in [1.82, 2.24) is 20.6 Å². The quantitative estimate of drug-likeness (QED) is 0.234. The number of carbonyl (C=O) groups is 4. The van der Waals surface area contributed by atoms with Crippen molar-refractivity contribution in [2.75, 3.05) is 12.0 Å². The average Bonchev–Trinajstić information content (AvgIpc) is 3.15. The lowest BCUT2D eigenvalue weighted by Gasteiger charge is -2.22. The molecule has 156 valence electrons. The summed E-state index contributed by atoms with van der Waals surface area (Å²) >= 11 is 1.45. The highest BCUT2D eigenvalue weighted by molar-refractivity contribution is 7.98. The largest absolute Gasteiger partial charge is 0.481 e. The van der Waals surface area contributed by atoms with Crippen LogP contribution in [0.15, 0.2) is 12.5 Å². The van der Waals surface area contributed by atoms with Gasteiger partial charge >= 0.3 is 11.9 Å². The number of nitrogens with one attached hydrogen (secondary N) is 3. The lowest BCUT2D eigenvalue weighted by molar-refractivity contribution is -0.142. The van der Waals surface area contributed by atoms with Crippen molar-refractivity contribution in [1.29, 1.82) is 0 Å². The summed E-state index contributed by atoms with van der Waals surface area (Å²) < 4.78 is 0. The molecule has 0 bridgehead atoms. The zero-order valence-corrected chi connectivity index (χ0v) is 16.2. The number of aromatic nitrogens is 2. The molecule has 3 unspecified atom stereocenters. The molecule has 0 aromatic carbocycles. The predicted octanol–water partition coefficient (Wildman–Crippen LogP) is -1.05. The van der Waals surface area contributed by atoms with Gasteiger partial charge in [0.25, 0.3) is 0 Å². The lowest BCUT2D eigenvalue weighted by atomic mass is 10.1. The monoisotopic (exact) mass is 415 g/mol. The zero-order valence-electron chi connectivity index (χ0n) is 15.4. The van der Waals surface area contributed by atoms with E-state index in [1.807, 2.05) is 6.26 Å². The van der Waals surface area contributed by atoms with Gasteiger partial charge in [-0.2, -0.15) is 11.8 Å². The van der Waals surface area contributed by atoms with Crippen molar-refractivity contribution >= 4 is 35.5 Å². The second kappa shape index (κ2) is 12.0. The molecule has 7 N–H and O–H groups in total. The number of carboxylic acid groups (broad SMARTS) is 2. The first kappa shape index (κ1) is 23.4. The summed E-state index contributed by atoms with van der Waals surface area (Å²) in [5, 5.41) is 22.9. The molecule has 1 aromatic rings. The van der Waals surface area contributed by atoms with Crippen molar-refractivity contribution in [3.05, 3.63) is 18.2 Å². The minimum atomic E-state index is -1.17. The van der Waals surface area contributed by atoms with Crippen molar-refractivity contribution in [3.63, 3.8) is 0 Å². The standard InChI is InChI=1S/C16H25N5O6S/c1-28-5-4-11(16(26)27)20-15(25)12(6-9-7-18-8-19-9)21-14(24)10(17)2-3-13(22)23/h7-8,10-12H,2-6,17H2,1H3,(H,18,19)(H,20,25)(H,21,24)(H,22,23)(H,26,27). The second-order valence-electron chi connectivity index (χ2n) is 6.06. The van der Waals surface area contributed by atoms with Crippen molar-refractivity contribution in [3.8, 4) is 0 Å². The van der Waals surface area contributed by atoms with E-state index in [0.717, 1.165) is 0 Å². The predicted molar refractivity (Wildman–Crippen MR) is 102 cm³/mol. The number of nitrogens with zero attached hydrogens (tertiary/aromatic N) is 1. The molecule has 0 saturated carbocycles. The van der Waals surface area contributed by atoms with Gasteiger partial charge in [-0.3, -0.25) is 14.4 Å². The molecule has 11 nitrogen and oxygen atoms in total. The molecule has 1 aromatic heterocycles. The Bertz CT molecular complexity index is 668. The van der Waals surface area contributed by atoms with Crippen molar-refractivity contribution < 1.29 is 29.4 Å². The Morgan fingerprint density at radius 3 is 2.39 bits per heavy atom. The van der Waals surface area contributed by atoms with E-state index in [-0.39, 0.29) is 25.7 Å². The minimum Gasteiger partial charge on any atom is -0.481 e. The number of H-pyrrole nitrogens is 1. The maximum absolute atomic E-state index is 12.6. The van der Waals surface area contributed by atoms with Gasteiger partial charge in [0.2, 0.25) is 11.8 Å². The molecule has 28 heavy (non-hydrogen) atoms. The number of carbonyl (C=O) groups excluding carboxylic acids is 2. The Labute approximate surface area is 165 Å². The Morgan fingerprint density at radius 2 is 1.86 bits per heavy atom. The Kier molecular flexibility index (Phi) is 10.0. The molecule has 0 aliphatic rings. The number of amides is 2. The molecule has 0 aliphatic carbocycles. The number of hydrogen-bond acceptors (Lipinski definition) is 7. The summed E-state index contributed by atoms with van der Waals surface area (Å²) in [6.45, 7) is 0. The molecule has 0 aliphatic heterocycles. The van der Waals surface area contributed by atoms with Crippen LogP contribution in [0, 0.1) is 0 Å². The maximum Gasteiger partial charge on any atom is 0.326 e. The Balaban J connectivity index is 2.82. The van der Waals surface area contributed by atoms with Crippen LogP contribution in [0.25, 0.3) is 0 Å². The van der Waals surface area contributed by atoms with E-state index in [0.29, 0.717) is 11.4 Å². The van der Waals surface area contributed by atoms with Gasteiger partial charge in [-0.25, -0.2) is 9.78 Å². The van der Waals surface area contributed by atoms with E-state index in [4.69, 9.17) is 10.8 Å². The van der Waals surface area contributed by atoms with Gasteiger partial charge in [0.15, 0.2) is 0 Å². The van der Waals surface area contributed by atoms with E-state index >= 15 is 0 Å². The average molecular weight is 415 g/mol. The van der Waals surface area contributed by atoms with E-state index in [9.17, 15) is 24.3 Å². The van der Waals surface area contributed by atoms with Crippen molar-refractivity contribution in [2.45, 2.75) is 43.8 Å². The topological polar surface area (TPSA) is 187 Å². The molecule has 0 fully saturated rings. The Hall–Kier alpha value is -2.60. The minimum absolute atomic E-state index is 0.0398. The highest BCUT2D eigenvalue weighted by atomic mass is 32.2. The summed E-state index contributed by atoms with van der Waals surface area (Å²) in [6.07, 6.45) is 4.58. The molecule has 1 rings (SSSR count). The van der Waals surface area contributed by atoms with Crippen molar-refractivity contribution in [2.24, 2.45) is 5.73 Å². The van der Waals surface area contributed by atoms with E-state index in [1.54, 1.807) is 0 Å². The van der Waals surface area contributed by atoms with Gasteiger partial charge in [0.05, 0.1) is 12.4 Å². The number of aliphatic carboxylic acids is 2. The van der Waals surface area contributed by atoms with E-state index < -0.39 is 41.9 Å². The normalized spacial score (nSPS) is 13.9. The first-order chi connectivity index (χ1) is 13.2. The number of thioether (sulfide) groups is 1. The van der Waals surface area contributed by atoms with Crippen LogP contribution < -0.4 is 16.4 Å². The SMILES string of the molecule is CSCCC(NC(=O)C(Cc1cnc[nH]1)NC(=O)C(N)CCC(=O)O)C(=O)O. The van der Waals surface area contributed by atoms with Gasteiger partial charge < -0.3 is 31.6 Å². The molecular weight excluding hydrogens is 390 g/mol. The number of hydrogen-bond donors (Lipinski definition) is 6. The third-order valence-electron chi connectivity index (χ3n) is 3.84. The van der Waals surface area contributed by atoms with Crippen LogP contribution in [-0.2, 0) is 25.6 Å². The first-order valence-corrected chi connectivity index (χ1v) is 9.91. The lowest BCUT2D eigenvalue weighted by Crippen LogP contribution is -2.55. The van der Waals surface area contributed by atoms with Crippen LogP contribution in [0.3, 0.4) is 0 Å². The second-order valence-corrected chi connectivity index (χ2v) is 7.05. The summed E-state index contributed by atoms with van der Waals surface area (Å²) in [5.41, 5.74) is 6.23. The molecule has 3 atom stereocenters. The zero-order chi connectivity index (χ0) is 21.1. The highest BCUT2D eigenvalue weighted by Crippen LogP contribution is 2.05. The molecule has 0 radical (unpaired) electrons. The fraction of sp³-hybridized carbons (Fsp3) is 0.562. The Morgan fingerprint density at radius 1 is 1.18 bits per heavy atom. The summed E-state index contributed by atoms with van der Waals surface area (Å²) in [7, 11) is 0. The van der Waals surface area contributed by atoms with Gasteiger partial charge in [0, 0.05) is 24.7 Å². The van der Waals surface area contributed by atoms with Crippen LogP contribution in [0.4, 0.5) is 0 Å². The third kappa shape index (κ3) is 8.39. The number of aromatic amines is 1. The molecule has 0 saturated heterocycles. The smallest absolute Gasteiger partial charge is 0.326 e. The van der Waals surface area contributed by atoms with Gasteiger partial charge in [-0.05, 0) is 24.9 Å². The molecule has 0 spiro atoms. The number of nitrogens with two attached hydrogens (primary N) is 1. The van der Waals surface area contributed by atoms with Crippen LogP contribution in [0.2, 0.25) is 0 Å². The van der Waals surface area contributed by atoms with E-state index in [2.05, 4.69) is 20.6 Å². The number of rotatable bonds is 13. The molecular formula is C16H25N5O6S. The van der Waals surface area contributed by atoms with Gasteiger partial charge in [-0.15, -0.1) is 0 Å². The third-order valence-corrected chi connectivity index (χ3v) is 4.49.